The van der Waals surface area contributed by atoms with Crippen LogP contribution in [0.15, 0.2) is 36.4 Å². The van der Waals surface area contributed by atoms with Crippen LogP contribution in [0.1, 0.15) is 49.3 Å². The highest BCUT2D eigenvalue weighted by molar-refractivity contribution is 6.07. The molecule has 1 aliphatic heterocycles. The van der Waals surface area contributed by atoms with Gasteiger partial charge in [0.2, 0.25) is 17.7 Å². The molecule has 1 aliphatic carbocycles. The lowest BCUT2D eigenvalue weighted by Gasteiger charge is -2.35. The van der Waals surface area contributed by atoms with Crippen molar-refractivity contribution in [2.45, 2.75) is 50.9 Å². The Morgan fingerprint density at radius 2 is 1.77 bits per heavy atom. The number of aryl methyl sites for hydroxylation is 1. The highest BCUT2D eigenvalue weighted by Gasteiger charge is 2.52. The fourth-order valence-corrected chi connectivity index (χ4v) is 4.42. The lowest BCUT2D eigenvalue weighted by Crippen LogP contribution is -2.41. The van der Waals surface area contributed by atoms with Crippen LogP contribution in [0.5, 0.6) is 0 Å². The van der Waals surface area contributed by atoms with E-state index >= 15 is 0 Å². The zero-order chi connectivity index (χ0) is 21.7. The van der Waals surface area contributed by atoms with Crippen molar-refractivity contribution in [2.75, 3.05) is 5.32 Å². The molecule has 1 amide bonds. The van der Waals surface area contributed by atoms with Crippen LogP contribution >= 0.6 is 0 Å². The maximum Gasteiger partial charge on any atom is 0.248 e. The van der Waals surface area contributed by atoms with Gasteiger partial charge in [0.1, 0.15) is 0 Å². The number of anilines is 1. The number of halogens is 2. The highest BCUT2D eigenvalue weighted by atomic mass is 19.3. The van der Waals surface area contributed by atoms with E-state index in [0.29, 0.717) is 11.3 Å². The number of hydrogen-bond donors (Lipinski definition) is 3. The van der Waals surface area contributed by atoms with E-state index in [9.17, 15) is 13.6 Å². The van der Waals surface area contributed by atoms with Crippen molar-refractivity contribution in [1.82, 2.24) is 0 Å². The van der Waals surface area contributed by atoms with Gasteiger partial charge in [-0.1, -0.05) is 18.2 Å². The Morgan fingerprint density at radius 1 is 1.07 bits per heavy atom. The summed E-state index contributed by atoms with van der Waals surface area (Å²) in [6.07, 6.45) is -0.275. The van der Waals surface area contributed by atoms with E-state index in [1.165, 1.54) is 6.92 Å². The van der Waals surface area contributed by atoms with E-state index in [0.717, 1.165) is 22.3 Å². The standard InChI is InChI=1S/C23H23F2N3O2/c1-13-3-4-16(20(27)30-14(2)26)11-17(13)15-5-6-18-19(12-15)28-21(29)22(18)7-9-23(24,25)10-8-22/h3-6,11-12,26-27H,7-10H2,1-2H3,(H,28,29). The zero-order valence-corrected chi connectivity index (χ0v) is 16.9. The minimum absolute atomic E-state index is 0.0641. The lowest BCUT2D eigenvalue weighted by molar-refractivity contribution is -0.125. The molecule has 3 N–H and O–H groups in total. The minimum Gasteiger partial charge on any atom is -0.426 e. The topological polar surface area (TPSA) is 86.0 Å². The first-order chi connectivity index (χ1) is 14.1. The Morgan fingerprint density at radius 3 is 2.43 bits per heavy atom. The van der Waals surface area contributed by atoms with E-state index in [2.05, 4.69) is 5.32 Å². The van der Waals surface area contributed by atoms with Gasteiger partial charge in [-0.15, -0.1) is 0 Å². The predicted octanol–water partition coefficient (Wildman–Crippen LogP) is 5.40. The fourth-order valence-electron chi connectivity index (χ4n) is 4.42. The zero-order valence-electron chi connectivity index (χ0n) is 16.9. The molecule has 0 atom stereocenters. The summed E-state index contributed by atoms with van der Waals surface area (Å²) in [5.74, 6) is -3.08. The molecule has 1 fully saturated rings. The SMILES string of the molecule is CC(=N)OC(=N)c1ccc(C)c(-c2ccc3c(c2)NC(=O)C32CCC(F)(F)CC2)c1. The van der Waals surface area contributed by atoms with Crippen LogP contribution in [0, 0.1) is 17.7 Å². The number of fused-ring (bicyclic) bond motifs is 2. The molecule has 2 aliphatic rings. The van der Waals surface area contributed by atoms with Gasteiger partial charge in [0, 0.05) is 31.0 Å². The lowest BCUT2D eigenvalue weighted by atomic mass is 9.69. The van der Waals surface area contributed by atoms with E-state index in [1.807, 2.05) is 37.3 Å². The third-order valence-corrected chi connectivity index (χ3v) is 6.12. The van der Waals surface area contributed by atoms with Crippen LogP contribution in [0.4, 0.5) is 14.5 Å². The molecule has 5 nitrogen and oxygen atoms in total. The fraction of sp³-hybridized carbons (Fsp3) is 0.348. The number of carbonyl (C=O) groups excluding carboxylic acids is 1. The van der Waals surface area contributed by atoms with Gasteiger partial charge in [-0.25, -0.2) is 8.78 Å². The van der Waals surface area contributed by atoms with Gasteiger partial charge < -0.3 is 10.1 Å². The van der Waals surface area contributed by atoms with Crippen LogP contribution in [-0.2, 0) is 14.9 Å². The van der Waals surface area contributed by atoms with Gasteiger partial charge >= 0.3 is 0 Å². The molecule has 0 radical (unpaired) electrons. The number of nitrogens with one attached hydrogen (secondary N) is 3. The van der Waals surface area contributed by atoms with Gasteiger partial charge in [0.15, 0.2) is 5.90 Å². The first kappa shape index (κ1) is 20.2. The normalized spacial score (nSPS) is 18.6. The summed E-state index contributed by atoms with van der Waals surface area (Å²) in [6, 6.07) is 11.1. The van der Waals surface area contributed by atoms with E-state index in [-0.39, 0.29) is 43.4 Å². The van der Waals surface area contributed by atoms with Crippen molar-refractivity contribution in [3.05, 3.63) is 53.1 Å². The molecule has 30 heavy (non-hydrogen) atoms. The quantitative estimate of drug-likeness (QED) is 0.456. The second-order valence-corrected chi connectivity index (χ2v) is 8.17. The number of benzene rings is 2. The number of carbonyl (C=O) groups is 1. The Hall–Kier alpha value is -3.09. The molecule has 0 saturated heterocycles. The van der Waals surface area contributed by atoms with Crippen molar-refractivity contribution in [1.29, 1.82) is 10.8 Å². The van der Waals surface area contributed by atoms with E-state index in [1.54, 1.807) is 6.07 Å². The van der Waals surface area contributed by atoms with Crippen LogP contribution in [-0.4, -0.2) is 23.6 Å². The second-order valence-electron chi connectivity index (χ2n) is 8.17. The monoisotopic (exact) mass is 411 g/mol. The number of alkyl halides is 2. The van der Waals surface area contributed by atoms with Gasteiger partial charge in [-0.3, -0.25) is 15.6 Å². The third-order valence-electron chi connectivity index (χ3n) is 6.12. The summed E-state index contributed by atoms with van der Waals surface area (Å²) in [5, 5.41) is 18.3. The highest BCUT2D eigenvalue weighted by Crippen LogP contribution is 2.51. The first-order valence-electron chi connectivity index (χ1n) is 9.88. The van der Waals surface area contributed by atoms with E-state index in [4.69, 9.17) is 15.6 Å². The summed E-state index contributed by atoms with van der Waals surface area (Å²) >= 11 is 0. The van der Waals surface area contributed by atoms with Crippen molar-refractivity contribution < 1.29 is 18.3 Å². The summed E-state index contributed by atoms with van der Waals surface area (Å²) in [6.45, 7) is 3.41. The van der Waals surface area contributed by atoms with Crippen LogP contribution in [0.3, 0.4) is 0 Å². The van der Waals surface area contributed by atoms with Crippen molar-refractivity contribution in [3.8, 4) is 11.1 Å². The molecule has 2 aromatic carbocycles. The summed E-state index contributed by atoms with van der Waals surface area (Å²) in [7, 11) is 0. The number of ether oxygens (including phenoxy) is 1. The van der Waals surface area contributed by atoms with Crippen molar-refractivity contribution >= 4 is 23.4 Å². The Labute approximate surface area is 173 Å². The molecule has 156 valence electrons. The predicted molar refractivity (Wildman–Crippen MR) is 112 cm³/mol. The van der Waals surface area contributed by atoms with Crippen LogP contribution in [0.25, 0.3) is 11.1 Å². The van der Waals surface area contributed by atoms with Crippen LogP contribution < -0.4 is 5.32 Å². The largest absolute Gasteiger partial charge is 0.426 e. The number of rotatable bonds is 2. The van der Waals surface area contributed by atoms with Gasteiger partial charge in [0.05, 0.1) is 5.41 Å². The first-order valence-corrected chi connectivity index (χ1v) is 9.88. The summed E-state index contributed by atoms with van der Waals surface area (Å²) < 4.78 is 32.5. The smallest absolute Gasteiger partial charge is 0.248 e. The Balaban J connectivity index is 1.70. The minimum atomic E-state index is -2.70. The molecule has 0 aromatic heterocycles. The van der Waals surface area contributed by atoms with Gasteiger partial charge in [-0.2, -0.15) is 0 Å². The maximum atomic E-state index is 13.7. The number of hydrogen-bond acceptors (Lipinski definition) is 4. The third kappa shape index (κ3) is 3.38. The van der Waals surface area contributed by atoms with E-state index < -0.39 is 11.3 Å². The summed E-state index contributed by atoms with van der Waals surface area (Å²) in [4.78, 5) is 12.8. The second kappa shape index (κ2) is 7.00. The molecule has 4 rings (SSSR count). The number of amides is 1. The Bertz CT molecular complexity index is 1070. The molecule has 0 unspecified atom stereocenters. The summed E-state index contributed by atoms with van der Waals surface area (Å²) in [5.41, 5.74) is 3.82. The van der Waals surface area contributed by atoms with Crippen molar-refractivity contribution in [3.63, 3.8) is 0 Å². The Kier molecular flexibility index (Phi) is 4.71. The molecule has 1 spiro atoms. The van der Waals surface area contributed by atoms with Crippen LogP contribution in [0.2, 0.25) is 0 Å². The molecular formula is C23H23F2N3O2. The molecule has 2 aromatic rings. The molecule has 1 saturated carbocycles. The maximum absolute atomic E-state index is 13.7. The van der Waals surface area contributed by atoms with Gasteiger partial charge in [-0.05, 0) is 60.2 Å². The molecular weight excluding hydrogens is 388 g/mol. The average Bonchev–Trinajstić information content (AvgIpc) is 2.95. The molecule has 1 heterocycles. The average molecular weight is 411 g/mol. The molecule has 7 heteroatoms. The van der Waals surface area contributed by atoms with Crippen molar-refractivity contribution in [2.24, 2.45) is 0 Å². The van der Waals surface area contributed by atoms with Gasteiger partial charge in [0.25, 0.3) is 0 Å². The molecule has 0 bridgehead atoms.